The maximum Gasteiger partial charge on any atom is 0.242 e. The normalized spacial score (nSPS) is 19.5. The van der Waals surface area contributed by atoms with Crippen molar-refractivity contribution >= 4 is 33.2 Å². The van der Waals surface area contributed by atoms with Crippen LogP contribution in [0.5, 0.6) is 0 Å². The van der Waals surface area contributed by atoms with Gasteiger partial charge in [0.25, 0.3) is 0 Å². The minimum atomic E-state index is -0.733. The minimum absolute atomic E-state index is 0.0970. The molecule has 1 aliphatic heterocycles. The number of hydrogen-bond acceptors (Lipinski definition) is 4. The average molecular weight is 304 g/mol. The summed E-state index contributed by atoms with van der Waals surface area (Å²) in [5, 5.41) is 16.6. The highest BCUT2D eigenvalue weighted by atomic mass is 32.1. The number of aliphatic hydroxyl groups excluding tert-OH is 1. The number of hydrogen-bond donors (Lipinski definition) is 3. The van der Waals surface area contributed by atoms with Crippen molar-refractivity contribution < 1.29 is 14.7 Å². The van der Waals surface area contributed by atoms with Crippen LogP contribution in [0.25, 0.3) is 10.1 Å². The molecule has 1 aliphatic rings. The third-order valence-corrected chi connectivity index (χ3v) is 4.77. The monoisotopic (exact) mass is 304 g/mol. The van der Waals surface area contributed by atoms with Crippen LogP contribution in [0.4, 0.5) is 0 Å². The van der Waals surface area contributed by atoms with Crippen LogP contribution in [0.1, 0.15) is 23.8 Å². The zero-order chi connectivity index (χ0) is 14.8. The Bertz CT molecular complexity index is 649. The summed E-state index contributed by atoms with van der Waals surface area (Å²) in [5.41, 5.74) is 0. The van der Waals surface area contributed by atoms with Gasteiger partial charge in [-0.1, -0.05) is 18.2 Å². The van der Waals surface area contributed by atoms with Crippen LogP contribution in [0.3, 0.4) is 0 Å². The molecule has 1 saturated heterocycles. The lowest BCUT2D eigenvalue weighted by Gasteiger charge is -2.13. The van der Waals surface area contributed by atoms with Crippen molar-refractivity contribution in [2.75, 3.05) is 6.54 Å². The molecule has 5 nitrogen and oxygen atoms in total. The first-order chi connectivity index (χ1) is 10.1. The van der Waals surface area contributed by atoms with Gasteiger partial charge in [-0.05, 0) is 23.9 Å². The number of rotatable bonds is 4. The molecule has 2 aromatic rings. The SMILES string of the molecule is O=C1CC[C@H](C(=O)NCC(O)c2cc3ccccc3s2)N1. The van der Waals surface area contributed by atoms with E-state index in [-0.39, 0.29) is 18.4 Å². The maximum absolute atomic E-state index is 11.9. The molecule has 21 heavy (non-hydrogen) atoms. The summed E-state index contributed by atoms with van der Waals surface area (Å²) >= 11 is 1.52. The van der Waals surface area contributed by atoms with Gasteiger partial charge in [0.05, 0.1) is 0 Å². The summed E-state index contributed by atoms with van der Waals surface area (Å²) in [5.74, 6) is -0.332. The van der Waals surface area contributed by atoms with E-state index < -0.39 is 12.1 Å². The summed E-state index contributed by atoms with van der Waals surface area (Å²) in [6.45, 7) is 0.151. The van der Waals surface area contributed by atoms with Crippen LogP contribution in [-0.4, -0.2) is 29.5 Å². The molecule has 0 spiro atoms. The second-order valence-electron chi connectivity index (χ2n) is 5.11. The molecule has 110 valence electrons. The number of benzene rings is 1. The number of fused-ring (bicyclic) bond motifs is 1. The molecule has 2 amide bonds. The van der Waals surface area contributed by atoms with Crippen LogP contribution < -0.4 is 10.6 Å². The summed E-state index contributed by atoms with van der Waals surface area (Å²) in [7, 11) is 0. The molecule has 1 unspecified atom stereocenters. The van der Waals surface area contributed by atoms with Crippen LogP contribution >= 0.6 is 11.3 Å². The van der Waals surface area contributed by atoms with Gasteiger partial charge in [0.1, 0.15) is 12.1 Å². The number of nitrogens with one attached hydrogen (secondary N) is 2. The van der Waals surface area contributed by atoms with Crippen molar-refractivity contribution in [1.82, 2.24) is 10.6 Å². The highest BCUT2D eigenvalue weighted by Crippen LogP contribution is 2.29. The van der Waals surface area contributed by atoms with Crippen molar-refractivity contribution in [3.05, 3.63) is 35.2 Å². The van der Waals surface area contributed by atoms with Gasteiger partial charge in [0.2, 0.25) is 11.8 Å². The number of carbonyl (C=O) groups is 2. The van der Waals surface area contributed by atoms with Crippen molar-refractivity contribution in [1.29, 1.82) is 0 Å². The Balaban J connectivity index is 1.59. The molecule has 2 atom stereocenters. The van der Waals surface area contributed by atoms with E-state index in [0.29, 0.717) is 12.8 Å². The Labute approximate surface area is 126 Å². The van der Waals surface area contributed by atoms with Crippen molar-refractivity contribution in [3.8, 4) is 0 Å². The largest absolute Gasteiger partial charge is 0.386 e. The molecule has 0 bridgehead atoms. The quantitative estimate of drug-likeness (QED) is 0.797. The molecule has 3 rings (SSSR count). The first-order valence-electron chi connectivity index (χ1n) is 6.87. The van der Waals surface area contributed by atoms with Gasteiger partial charge in [0, 0.05) is 22.5 Å². The molecular weight excluding hydrogens is 288 g/mol. The van der Waals surface area contributed by atoms with Gasteiger partial charge in [-0.3, -0.25) is 9.59 Å². The second-order valence-corrected chi connectivity index (χ2v) is 6.22. The molecule has 2 heterocycles. The predicted octanol–water partition coefficient (Wildman–Crippen LogP) is 1.33. The van der Waals surface area contributed by atoms with E-state index in [2.05, 4.69) is 10.6 Å². The lowest BCUT2D eigenvalue weighted by molar-refractivity contribution is -0.126. The van der Waals surface area contributed by atoms with Crippen molar-refractivity contribution in [2.24, 2.45) is 0 Å². The van der Waals surface area contributed by atoms with Gasteiger partial charge >= 0.3 is 0 Å². The van der Waals surface area contributed by atoms with Gasteiger partial charge in [-0.2, -0.15) is 0 Å². The standard InChI is InChI=1S/C15H16N2O3S/c18-11(8-16-15(20)10-5-6-14(19)17-10)13-7-9-3-1-2-4-12(9)21-13/h1-4,7,10-11,18H,5-6,8H2,(H,16,20)(H,17,19)/t10-,11?/m1/s1. The molecule has 1 fully saturated rings. The molecule has 0 saturated carbocycles. The fourth-order valence-electron chi connectivity index (χ4n) is 2.40. The van der Waals surface area contributed by atoms with E-state index in [1.165, 1.54) is 11.3 Å². The number of amides is 2. The third kappa shape index (κ3) is 3.06. The molecule has 0 aliphatic carbocycles. The van der Waals surface area contributed by atoms with Crippen LogP contribution in [0.2, 0.25) is 0 Å². The van der Waals surface area contributed by atoms with Gasteiger partial charge in [0.15, 0.2) is 0 Å². The van der Waals surface area contributed by atoms with E-state index in [0.717, 1.165) is 15.0 Å². The van der Waals surface area contributed by atoms with Gasteiger partial charge in [-0.15, -0.1) is 11.3 Å². The average Bonchev–Trinajstić information content (AvgIpc) is 3.10. The smallest absolute Gasteiger partial charge is 0.242 e. The fourth-order valence-corrected chi connectivity index (χ4v) is 3.45. The maximum atomic E-state index is 11.9. The van der Waals surface area contributed by atoms with Gasteiger partial charge < -0.3 is 15.7 Å². The highest BCUT2D eigenvalue weighted by molar-refractivity contribution is 7.19. The van der Waals surface area contributed by atoms with E-state index in [1.54, 1.807) is 0 Å². The molecule has 1 aromatic carbocycles. The summed E-state index contributed by atoms with van der Waals surface area (Å²) in [6.07, 6.45) is 0.170. The van der Waals surface area contributed by atoms with Crippen molar-refractivity contribution in [3.63, 3.8) is 0 Å². The molecule has 0 radical (unpaired) electrons. The highest BCUT2D eigenvalue weighted by Gasteiger charge is 2.27. The van der Waals surface area contributed by atoms with E-state index >= 15 is 0 Å². The lowest BCUT2D eigenvalue weighted by Crippen LogP contribution is -2.42. The Kier molecular flexibility index (Phi) is 3.90. The summed E-state index contributed by atoms with van der Waals surface area (Å²) < 4.78 is 1.11. The number of aliphatic hydroxyl groups is 1. The molecule has 6 heteroatoms. The summed E-state index contributed by atoms with van der Waals surface area (Å²) in [6, 6.07) is 9.38. The predicted molar refractivity (Wildman–Crippen MR) is 81.0 cm³/mol. The molecular formula is C15H16N2O3S. The van der Waals surface area contributed by atoms with Gasteiger partial charge in [-0.25, -0.2) is 0 Å². The Morgan fingerprint density at radius 3 is 3.00 bits per heavy atom. The zero-order valence-electron chi connectivity index (χ0n) is 11.3. The fraction of sp³-hybridized carbons (Fsp3) is 0.333. The molecule has 3 N–H and O–H groups in total. The van der Waals surface area contributed by atoms with Crippen LogP contribution in [0.15, 0.2) is 30.3 Å². The molecule has 1 aromatic heterocycles. The number of carbonyl (C=O) groups excluding carboxylic acids is 2. The van der Waals surface area contributed by atoms with E-state index in [1.807, 2.05) is 30.3 Å². The Morgan fingerprint density at radius 2 is 2.29 bits per heavy atom. The number of thiophene rings is 1. The van der Waals surface area contributed by atoms with Crippen LogP contribution in [0, 0.1) is 0 Å². The lowest BCUT2D eigenvalue weighted by atomic mass is 10.2. The third-order valence-electron chi connectivity index (χ3n) is 3.55. The Morgan fingerprint density at radius 1 is 1.48 bits per heavy atom. The first-order valence-corrected chi connectivity index (χ1v) is 7.69. The van der Waals surface area contributed by atoms with Crippen molar-refractivity contribution in [2.45, 2.75) is 25.0 Å². The zero-order valence-corrected chi connectivity index (χ0v) is 12.2. The van der Waals surface area contributed by atoms with E-state index in [4.69, 9.17) is 0 Å². The first kappa shape index (κ1) is 14.0. The van der Waals surface area contributed by atoms with Crippen LogP contribution in [-0.2, 0) is 9.59 Å². The topological polar surface area (TPSA) is 78.4 Å². The summed E-state index contributed by atoms with van der Waals surface area (Å²) in [4.78, 5) is 23.8. The second kappa shape index (κ2) is 5.83. The minimum Gasteiger partial charge on any atom is -0.386 e. The van der Waals surface area contributed by atoms with E-state index in [9.17, 15) is 14.7 Å². The Hall–Kier alpha value is -1.92.